The van der Waals surface area contributed by atoms with Crippen LogP contribution in [0.25, 0.3) is 0 Å². The molecule has 0 radical (unpaired) electrons. The Morgan fingerprint density at radius 2 is 1.68 bits per heavy atom. The van der Waals surface area contributed by atoms with E-state index in [0.29, 0.717) is 22.3 Å². The predicted molar refractivity (Wildman–Crippen MR) is 143 cm³/mol. The lowest BCUT2D eigenvalue weighted by Crippen LogP contribution is -2.38. The average molecular weight is 540 g/mol. The molecule has 9 nitrogen and oxygen atoms in total. The minimum Gasteiger partial charge on any atom is -0.337 e. The Balaban J connectivity index is 1.38. The SMILES string of the molecule is CN(C)CCNC(=O)NCc1ccc(CN2C(=O)c3cccc(NC(=O)c4ccc(Cl)s4)c3C2=O)cc1. The topological polar surface area (TPSA) is 111 Å². The first kappa shape index (κ1) is 26.3. The zero-order chi connectivity index (χ0) is 26.5. The molecule has 5 amide bonds. The molecule has 11 heteroatoms. The molecule has 1 aliphatic heterocycles. The van der Waals surface area contributed by atoms with Gasteiger partial charge in [-0.3, -0.25) is 19.3 Å². The van der Waals surface area contributed by atoms with Gasteiger partial charge < -0.3 is 20.9 Å². The number of carbonyl (C=O) groups is 4. The molecule has 192 valence electrons. The molecule has 1 aliphatic rings. The van der Waals surface area contributed by atoms with Crippen LogP contribution in [0.5, 0.6) is 0 Å². The van der Waals surface area contributed by atoms with Gasteiger partial charge in [-0.15, -0.1) is 11.3 Å². The monoisotopic (exact) mass is 539 g/mol. The van der Waals surface area contributed by atoms with Gasteiger partial charge in [0.15, 0.2) is 0 Å². The van der Waals surface area contributed by atoms with Gasteiger partial charge in [0.25, 0.3) is 17.7 Å². The quantitative estimate of drug-likeness (QED) is 0.358. The summed E-state index contributed by atoms with van der Waals surface area (Å²) < 4.78 is 0.478. The highest BCUT2D eigenvalue weighted by Gasteiger charge is 2.37. The molecule has 0 aliphatic carbocycles. The number of anilines is 1. The third kappa shape index (κ3) is 6.34. The van der Waals surface area contributed by atoms with Crippen LogP contribution in [0.3, 0.4) is 0 Å². The highest BCUT2D eigenvalue weighted by molar-refractivity contribution is 7.18. The van der Waals surface area contributed by atoms with Crippen molar-refractivity contribution in [3.05, 3.63) is 86.1 Å². The van der Waals surface area contributed by atoms with Crippen molar-refractivity contribution in [2.24, 2.45) is 0 Å². The van der Waals surface area contributed by atoms with Crippen LogP contribution in [0.2, 0.25) is 4.34 Å². The van der Waals surface area contributed by atoms with E-state index < -0.39 is 17.7 Å². The smallest absolute Gasteiger partial charge is 0.315 e. The number of hydrogen-bond acceptors (Lipinski definition) is 6. The molecule has 3 aromatic rings. The van der Waals surface area contributed by atoms with Gasteiger partial charge in [0, 0.05) is 19.6 Å². The van der Waals surface area contributed by atoms with E-state index in [1.165, 1.54) is 0 Å². The number of fused-ring (bicyclic) bond motifs is 1. The van der Waals surface area contributed by atoms with E-state index in [2.05, 4.69) is 16.0 Å². The number of carbonyl (C=O) groups excluding carboxylic acids is 4. The van der Waals surface area contributed by atoms with Crippen molar-refractivity contribution in [1.29, 1.82) is 0 Å². The maximum atomic E-state index is 13.2. The fourth-order valence-corrected chi connectivity index (χ4v) is 4.72. The summed E-state index contributed by atoms with van der Waals surface area (Å²) >= 11 is 7.04. The normalized spacial score (nSPS) is 12.6. The van der Waals surface area contributed by atoms with Crippen molar-refractivity contribution < 1.29 is 19.2 Å². The molecule has 1 aromatic heterocycles. The van der Waals surface area contributed by atoms with Gasteiger partial charge in [0.1, 0.15) is 0 Å². The molecule has 2 heterocycles. The number of hydrogen-bond donors (Lipinski definition) is 3. The van der Waals surface area contributed by atoms with Gasteiger partial charge in [0.05, 0.1) is 32.6 Å². The number of rotatable bonds is 9. The predicted octanol–water partition coefficient (Wildman–Crippen LogP) is 3.81. The van der Waals surface area contributed by atoms with Gasteiger partial charge in [-0.2, -0.15) is 0 Å². The van der Waals surface area contributed by atoms with E-state index in [1.54, 1.807) is 30.3 Å². The summed E-state index contributed by atoms with van der Waals surface area (Å²) in [6.45, 7) is 1.72. The Hall–Kier alpha value is -3.73. The fourth-order valence-electron chi connectivity index (χ4n) is 3.78. The first-order valence-electron chi connectivity index (χ1n) is 11.5. The molecule has 0 fully saturated rings. The second-order valence-electron chi connectivity index (χ2n) is 8.71. The third-order valence-electron chi connectivity index (χ3n) is 5.71. The van der Waals surface area contributed by atoms with Crippen LogP contribution in [0.1, 0.15) is 41.5 Å². The van der Waals surface area contributed by atoms with Crippen molar-refractivity contribution >= 4 is 52.4 Å². The van der Waals surface area contributed by atoms with Crippen molar-refractivity contribution in [2.75, 3.05) is 32.5 Å². The summed E-state index contributed by atoms with van der Waals surface area (Å²) in [6, 6.07) is 15.1. The summed E-state index contributed by atoms with van der Waals surface area (Å²) in [5.41, 5.74) is 2.33. The fraction of sp³-hybridized carbons (Fsp3) is 0.231. The molecule has 0 spiro atoms. The largest absolute Gasteiger partial charge is 0.337 e. The van der Waals surface area contributed by atoms with E-state index in [0.717, 1.165) is 33.9 Å². The Kier molecular flexibility index (Phi) is 8.22. The maximum absolute atomic E-state index is 13.2. The summed E-state index contributed by atoms with van der Waals surface area (Å²) in [7, 11) is 3.87. The van der Waals surface area contributed by atoms with Crippen LogP contribution in [0.4, 0.5) is 10.5 Å². The number of thiophene rings is 1. The highest BCUT2D eigenvalue weighted by Crippen LogP contribution is 2.31. The van der Waals surface area contributed by atoms with Crippen molar-refractivity contribution in [2.45, 2.75) is 13.1 Å². The molecule has 0 unspecified atom stereocenters. The lowest BCUT2D eigenvalue weighted by molar-refractivity contribution is 0.0642. The Morgan fingerprint density at radius 3 is 2.35 bits per heavy atom. The van der Waals surface area contributed by atoms with Crippen LogP contribution in [-0.2, 0) is 13.1 Å². The van der Waals surface area contributed by atoms with Crippen molar-refractivity contribution in [3.8, 4) is 0 Å². The van der Waals surface area contributed by atoms with Gasteiger partial charge >= 0.3 is 6.03 Å². The second kappa shape index (κ2) is 11.5. The zero-order valence-electron chi connectivity index (χ0n) is 20.3. The molecular weight excluding hydrogens is 514 g/mol. The lowest BCUT2D eigenvalue weighted by Gasteiger charge is -2.15. The van der Waals surface area contributed by atoms with E-state index in [-0.39, 0.29) is 29.4 Å². The average Bonchev–Trinajstić information content (AvgIpc) is 3.41. The van der Waals surface area contributed by atoms with Crippen LogP contribution in [0, 0.1) is 0 Å². The number of likely N-dealkylation sites (N-methyl/N-ethyl adjacent to an activating group) is 1. The Bertz CT molecular complexity index is 1340. The standard InChI is InChI=1S/C26H26ClN5O4S/c1-31(2)13-12-28-26(36)29-14-16-6-8-17(9-7-16)15-32-24(34)18-4-3-5-19(22(18)25(32)35)30-23(33)20-10-11-21(27)37-20/h3-11H,12-15H2,1-2H3,(H,30,33)(H2,28,29,36). The molecule has 0 atom stereocenters. The number of amides is 5. The van der Waals surface area contributed by atoms with Gasteiger partial charge in [0.2, 0.25) is 0 Å². The molecule has 0 saturated heterocycles. The zero-order valence-corrected chi connectivity index (χ0v) is 21.9. The molecular formula is C26H26ClN5O4S. The number of halogens is 1. The third-order valence-corrected chi connectivity index (χ3v) is 6.94. The molecule has 37 heavy (non-hydrogen) atoms. The number of nitrogens with zero attached hydrogens (tertiary/aromatic N) is 2. The first-order valence-corrected chi connectivity index (χ1v) is 12.7. The Labute approximate surface area is 223 Å². The maximum Gasteiger partial charge on any atom is 0.315 e. The summed E-state index contributed by atoms with van der Waals surface area (Å²) in [5, 5.41) is 8.31. The number of nitrogens with one attached hydrogen (secondary N) is 3. The molecule has 3 N–H and O–H groups in total. The van der Waals surface area contributed by atoms with Crippen molar-refractivity contribution in [1.82, 2.24) is 20.4 Å². The lowest BCUT2D eigenvalue weighted by atomic mass is 10.1. The van der Waals surface area contributed by atoms with Crippen LogP contribution < -0.4 is 16.0 Å². The van der Waals surface area contributed by atoms with Crippen LogP contribution in [-0.4, -0.2) is 60.7 Å². The second-order valence-corrected chi connectivity index (χ2v) is 10.4. The van der Waals surface area contributed by atoms with Crippen molar-refractivity contribution in [3.63, 3.8) is 0 Å². The summed E-state index contributed by atoms with van der Waals surface area (Å²) in [4.78, 5) is 54.2. The summed E-state index contributed by atoms with van der Waals surface area (Å²) in [6.07, 6.45) is 0. The van der Waals surface area contributed by atoms with E-state index in [1.807, 2.05) is 43.3 Å². The van der Waals surface area contributed by atoms with Gasteiger partial charge in [-0.1, -0.05) is 41.9 Å². The highest BCUT2D eigenvalue weighted by atomic mass is 35.5. The minimum atomic E-state index is -0.472. The van der Waals surface area contributed by atoms with Gasteiger partial charge in [-0.05, 0) is 49.5 Å². The van der Waals surface area contributed by atoms with E-state index in [4.69, 9.17) is 11.6 Å². The molecule has 2 aromatic carbocycles. The van der Waals surface area contributed by atoms with Crippen LogP contribution in [0.15, 0.2) is 54.6 Å². The minimum absolute atomic E-state index is 0.0823. The summed E-state index contributed by atoms with van der Waals surface area (Å²) in [5.74, 6) is -1.30. The number of benzene rings is 2. The van der Waals surface area contributed by atoms with E-state index in [9.17, 15) is 19.2 Å². The first-order chi connectivity index (χ1) is 17.7. The van der Waals surface area contributed by atoms with Gasteiger partial charge in [-0.25, -0.2) is 4.79 Å². The Morgan fingerprint density at radius 1 is 0.946 bits per heavy atom. The van der Waals surface area contributed by atoms with E-state index >= 15 is 0 Å². The van der Waals surface area contributed by atoms with Crippen LogP contribution >= 0.6 is 22.9 Å². The number of imide groups is 1. The number of urea groups is 1. The molecule has 4 rings (SSSR count). The molecule has 0 saturated carbocycles. The molecule has 0 bridgehead atoms.